The van der Waals surface area contributed by atoms with Gasteiger partial charge in [0, 0.05) is 19.5 Å². The third kappa shape index (κ3) is 4.41. The lowest BCUT2D eigenvalue weighted by Gasteiger charge is -2.22. The smallest absolute Gasteiger partial charge is 0.306 e. The van der Waals surface area contributed by atoms with Gasteiger partial charge in [0.25, 0.3) is 0 Å². The minimum absolute atomic E-state index is 0.0942. The van der Waals surface area contributed by atoms with Crippen molar-refractivity contribution in [1.82, 2.24) is 15.0 Å². The molecule has 0 N–H and O–H groups in total. The number of anilines is 1. The molecule has 1 atom stereocenters. The minimum Gasteiger partial charge on any atom is -0.460 e. The van der Waals surface area contributed by atoms with E-state index in [9.17, 15) is 4.79 Å². The predicted molar refractivity (Wildman–Crippen MR) is 95.2 cm³/mol. The largest absolute Gasteiger partial charge is 0.460 e. The average Bonchev–Trinajstić information content (AvgIpc) is 2.84. The van der Waals surface area contributed by atoms with E-state index in [2.05, 4.69) is 19.9 Å². The highest BCUT2D eigenvalue weighted by molar-refractivity contribution is 7.16. The van der Waals surface area contributed by atoms with Gasteiger partial charge >= 0.3 is 5.97 Å². The fourth-order valence-corrected chi connectivity index (χ4v) is 3.63. The first-order chi connectivity index (χ1) is 11.4. The maximum atomic E-state index is 12.0. The Morgan fingerprint density at radius 1 is 1.33 bits per heavy atom. The Balaban J connectivity index is 1.59. The van der Waals surface area contributed by atoms with Gasteiger partial charge in [0.2, 0.25) is 5.95 Å². The molecule has 3 rings (SSSR count). The number of nitrogens with zero attached hydrogens (tertiary/aromatic N) is 4. The molecule has 1 fully saturated rings. The molecular formula is C17H24N4O2S. The number of rotatable bonds is 3. The molecule has 0 aromatic carbocycles. The van der Waals surface area contributed by atoms with Gasteiger partial charge in [0.05, 0.1) is 11.7 Å². The molecule has 2 aromatic rings. The maximum absolute atomic E-state index is 12.0. The van der Waals surface area contributed by atoms with Crippen LogP contribution in [-0.2, 0) is 9.53 Å². The average molecular weight is 348 g/mol. The van der Waals surface area contributed by atoms with Crippen molar-refractivity contribution in [2.24, 2.45) is 5.92 Å². The normalized spacial score (nSPS) is 19.3. The Morgan fingerprint density at radius 2 is 2.17 bits per heavy atom. The van der Waals surface area contributed by atoms with Crippen LogP contribution < -0.4 is 4.90 Å². The van der Waals surface area contributed by atoms with Crippen molar-refractivity contribution in [3.8, 4) is 0 Å². The Bertz CT molecular complexity index is 710. The van der Waals surface area contributed by atoms with Crippen molar-refractivity contribution in [3.05, 3.63) is 11.7 Å². The van der Waals surface area contributed by atoms with Gasteiger partial charge in [-0.1, -0.05) is 0 Å². The molecular weight excluding hydrogens is 324 g/mol. The van der Waals surface area contributed by atoms with E-state index < -0.39 is 5.60 Å². The van der Waals surface area contributed by atoms with Crippen molar-refractivity contribution in [3.63, 3.8) is 0 Å². The summed E-state index contributed by atoms with van der Waals surface area (Å²) >= 11 is 1.53. The maximum Gasteiger partial charge on any atom is 0.306 e. The molecule has 6 nitrogen and oxygen atoms in total. The second-order valence-electron chi connectivity index (χ2n) is 7.29. The number of thiazole rings is 1. The van der Waals surface area contributed by atoms with Gasteiger partial charge in [0.15, 0.2) is 0 Å². The molecule has 3 heterocycles. The van der Waals surface area contributed by atoms with Gasteiger partial charge in [-0.25, -0.2) is 15.0 Å². The summed E-state index contributed by atoms with van der Waals surface area (Å²) in [6.07, 6.45) is 5.33. The van der Waals surface area contributed by atoms with Crippen LogP contribution in [0.4, 0.5) is 5.95 Å². The van der Waals surface area contributed by atoms with Gasteiger partial charge < -0.3 is 9.64 Å². The Kier molecular flexibility index (Phi) is 4.99. The van der Waals surface area contributed by atoms with Crippen LogP contribution in [0.3, 0.4) is 0 Å². The van der Waals surface area contributed by atoms with E-state index >= 15 is 0 Å². The first-order valence-corrected chi connectivity index (χ1v) is 9.32. The molecule has 0 saturated carbocycles. The lowest BCUT2D eigenvalue weighted by atomic mass is 9.97. The molecule has 1 aliphatic rings. The molecule has 2 aromatic heterocycles. The van der Waals surface area contributed by atoms with Crippen LogP contribution in [-0.4, -0.2) is 39.6 Å². The minimum atomic E-state index is -0.411. The van der Waals surface area contributed by atoms with E-state index in [0.717, 1.165) is 48.6 Å². The summed E-state index contributed by atoms with van der Waals surface area (Å²) in [6, 6.07) is 0. The predicted octanol–water partition coefficient (Wildman–Crippen LogP) is 3.42. The molecule has 24 heavy (non-hydrogen) atoms. The van der Waals surface area contributed by atoms with Crippen LogP contribution in [0.5, 0.6) is 0 Å². The first kappa shape index (κ1) is 17.1. The van der Waals surface area contributed by atoms with Gasteiger partial charge in [0.1, 0.15) is 15.9 Å². The molecule has 0 aliphatic carbocycles. The summed E-state index contributed by atoms with van der Waals surface area (Å²) in [5.41, 5.74) is 2.23. The first-order valence-electron chi connectivity index (χ1n) is 8.44. The molecule has 0 radical (unpaired) electrons. The van der Waals surface area contributed by atoms with Crippen LogP contribution in [0.15, 0.2) is 11.7 Å². The molecule has 0 amide bonds. The van der Waals surface area contributed by atoms with Gasteiger partial charge in [-0.05, 0) is 46.0 Å². The molecule has 7 heteroatoms. The quantitative estimate of drug-likeness (QED) is 0.792. The zero-order valence-electron chi connectivity index (χ0n) is 14.5. The molecule has 1 aliphatic heterocycles. The van der Waals surface area contributed by atoms with Crippen molar-refractivity contribution in [2.75, 3.05) is 18.0 Å². The van der Waals surface area contributed by atoms with E-state index in [4.69, 9.17) is 4.74 Å². The zero-order chi connectivity index (χ0) is 17.2. The SMILES string of the molecule is CC(C)(C)OC(=O)CC1CCCN(c2ncc3ncsc3n2)CC1. The van der Waals surface area contributed by atoms with E-state index in [1.165, 1.54) is 11.3 Å². The number of hydrogen-bond acceptors (Lipinski definition) is 7. The third-order valence-corrected chi connectivity index (χ3v) is 4.82. The number of ether oxygens (including phenoxy) is 1. The van der Waals surface area contributed by atoms with Crippen molar-refractivity contribution >= 4 is 33.6 Å². The summed E-state index contributed by atoms with van der Waals surface area (Å²) in [5.74, 6) is 1.05. The topological polar surface area (TPSA) is 68.2 Å². The van der Waals surface area contributed by atoms with Gasteiger partial charge in [-0.2, -0.15) is 0 Å². The van der Waals surface area contributed by atoms with Gasteiger partial charge in [-0.15, -0.1) is 11.3 Å². The van der Waals surface area contributed by atoms with Crippen molar-refractivity contribution in [1.29, 1.82) is 0 Å². The second kappa shape index (κ2) is 7.01. The van der Waals surface area contributed by atoms with E-state index in [1.807, 2.05) is 20.8 Å². The Morgan fingerprint density at radius 3 is 2.96 bits per heavy atom. The summed E-state index contributed by atoms with van der Waals surface area (Å²) in [7, 11) is 0. The number of carbonyl (C=O) groups excluding carboxylic acids is 1. The summed E-state index contributed by atoms with van der Waals surface area (Å²) in [5, 5.41) is 0. The highest BCUT2D eigenvalue weighted by Crippen LogP contribution is 2.25. The highest BCUT2D eigenvalue weighted by atomic mass is 32.1. The van der Waals surface area contributed by atoms with E-state index in [-0.39, 0.29) is 5.97 Å². The summed E-state index contributed by atoms with van der Waals surface area (Å²) < 4.78 is 5.45. The molecule has 0 bridgehead atoms. The number of carbonyl (C=O) groups is 1. The number of hydrogen-bond donors (Lipinski definition) is 0. The number of esters is 1. The van der Waals surface area contributed by atoms with Crippen molar-refractivity contribution < 1.29 is 9.53 Å². The molecule has 1 saturated heterocycles. The van der Waals surface area contributed by atoms with E-state index in [0.29, 0.717) is 12.3 Å². The van der Waals surface area contributed by atoms with Crippen LogP contribution >= 0.6 is 11.3 Å². The monoisotopic (exact) mass is 348 g/mol. The van der Waals surface area contributed by atoms with Gasteiger partial charge in [-0.3, -0.25) is 4.79 Å². The van der Waals surface area contributed by atoms with Crippen LogP contribution in [0.2, 0.25) is 0 Å². The lowest BCUT2D eigenvalue weighted by Crippen LogP contribution is -2.27. The van der Waals surface area contributed by atoms with Crippen molar-refractivity contribution in [2.45, 2.75) is 52.1 Å². The van der Waals surface area contributed by atoms with Crippen LogP contribution in [0.25, 0.3) is 10.3 Å². The Hall–Kier alpha value is -1.76. The lowest BCUT2D eigenvalue weighted by molar-refractivity contribution is -0.156. The second-order valence-corrected chi connectivity index (χ2v) is 8.12. The summed E-state index contributed by atoms with van der Waals surface area (Å²) in [4.78, 5) is 28.5. The molecule has 130 valence electrons. The zero-order valence-corrected chi connectivity index (χ0v) is 15.3. The fraction of sp³-hybridized carbons (Fsp3) is 0.647. The third-order valence-electron chi connectivity index (χ3n) is 4.08. The number of fused-ring (bicyclic) bond motifs is 1. The number of aromatic nitrogens is 3. The molecule has 1 unspecified atom stereocenters. The fourth-order valence-electron chi connectivity index (χ4n) is 3.00. The molecule has 0 spiro atoms. The van der Waals surface area contributed by atoms with Crippen LogP contribution in [0, 0.1) is 5.92 Å². The highest BCUT2D eigenvalue weighted by Gasteiger charge is 2.24. The standard InChI is InChI=1S/C17H24N4O2S/c1-17(2,3)23-14(22)9-12-5-4-7-21(8-6-12)16-18-10-13-15(20-16)24-11-19-13/h10-12H,4-9H2,1-3H3. The van der Waals surface area contributed by atoms with E-state index in [1.54, 1.807) is 11.7 Å². The van der Waals surface area contributed by atoms with Crippen LogP contribution in [0.1, 0.15) is 46.5 Å². The summed E-state index contributed by atoms with van der Waals surface area (Å²) in [6.45, 7) is 7.53. The Labute approximate surface area is 146 Å².